The highest BCUT2D eigenvalue weighted by atomic mass is 32.2. The Morgan fingerprint density at radius 3 is 2.19 bits per heavy atom. The summed E-state index contributed by atoms with van der Waals surface area (Å²) >= 11 is 0. The van der Waals surface area contributed by atoms with Crippen LogP contribution in [0.4, 0.5) is 5.69 Å². The van der Waals surface area contributed by atoms with E-state index < -0.39 is 21.3 Å². The topological polar surface area (TPSA) is 90.0 Å². The minimum atomic E-state index is -3.35. The van der Waals surface area contributed by atoms with Gasteiger partial charge in [-0.05, 0) is 50.5 Å². The molecule has 3 fully saturated rings. The molecule has 3 aliphatic rings. The van der Waals surface area contributed by atoms with E-state index in [2.05, 4.69) is 10.2 Å². The van der Waals surface area contributed by atoms with Gasteiger partial charge in [0.1, 0.15) is 0 Å². The first-order valence-corrected chi connectivity index (χ1v) is 12.7. The van der Waals surface area contributed by atoms with Gasteiger partial charge in [-0.2, -0.15) is 0 Å². The van der Waals surface area contributed by atoms with Gasteiger partial charge in [0.05, 0.1) is 11.3 Å². The largest absolute Gasteiger partial charge is 0.368 e. The van der Waals surface area contributed by atoms with Gasteiger partial charge in [0.25, 0.3) is 0 Å². The Bertz CT molecular complexity index is 904. The second kappa shape index (κ2) is 9.26. The first-order chi connectivity index (χ1) is 14.9. The lowest BCUT2D eigenvalue weighted by atomic mass is 10.1. The van der Waals surface area contributed by atoms with E-state index in [0.29, 0.717) is 57.8 Å². The molecule has 4 rings (SSSR count). The predicted octanol–water partition coefficient (Wildman–Crippen LogP) is 1.08. The molecular weight excluding hydrogens is 416 g/mol. The fraction of sp³-hybridized carbons (Fsp3) is 0.636. The van der Waals surface area contributed by atoms with E-state index in [1.807, 2.05) is 29.2 Å². The second-order valence-electron chi connectivity index (χ2n) is 8.74. The number of sulfonamides is 1. The van der Waals surface area contributed by atoms with Crippen molar-refractivity contribution < 1.29 is 18.0 Å². The molecule has 1 amide bonds. The van der Waals surface area contributed by atoms with Gasteiger partial charge < -0.3 is 15.1 Å². The third-order valence-electron chi connectivity index (χ3n) is 6.72. The zero-order valence-electron chi connectivity index (χ0n) is 18.1. The van der Waals surface area contributed by atoms with Crippen LogP contribution >= 0.6 is 0 Å². The highest BCUT2D eigenvalue weighted by Gasteiger charge is 2.41. The molecule has 3 heterocycles. The third kappa shape index (κ3) is 4.78. The number of rotatable bonds is 5. The lowest BCUT2D eigenvalue weighted by Crippen LogP contribution is -2.53. The summed E-state index contributed by atoms with van der Waals surface area (Å²) in [5, 5.41) is 2.65. The quantitative estimate of drug-likeness (QED) is 0.678. The van der Waals surface area contributed by atoms with Crippen LogP contribution in [0.5, 0.6) is 0 Å². The number of amides is 1. The zero-order valence-corrected chi connectivity index (χ0v) is 18.9. The van der Waals surface area contributed by atoms with E-state index >= 15 is 0 Å². The lowest BCUT2D eigenvalue weighted by molar-refractivity contribution is -0.133. The van der Waals surface area contributed by atoms with Gasteiger partial charge in [-0.3, -0.25) is 9.59 Å². The molecule has 2 unspecified atom stereocenters. The van der Waals surface area contributed by atoms with Crippen LogP contribution in [-0.4, -0.2) is 86.4 Å². The summed E-state index contributed by atoms with van der Waals surface area (Å²) in [6.45, 7) is 5.75. The van der Waals surface area contributed by atoms with Crippen molar-refractivity contribution in [1.82, 2.24) is 14.5 Å². The summed E-state index contributed by atoms with van der Waals surface area (Å²) in [5.74, 6) is 0.0505. The average molecular weight is 449 g/mol. The van der Waals surface area contributed by atoms with Crippen molar-refractivity contribution >= 4 is 27.4 Å². The second-order valence-corrected chi connectivity index (χ2v) is 11.0. The van der Waals surface area contributed by atoms with Crippen LogP contribution in [0.2, 0.25) is 0 Å². The van der Waals surface area contributed by atoms with Crippen molar-refractivity contribution in [2.45, 2.75) is 43.9 Å². The van der Waals surface area contributed by atoms with Crippen LogP contribution in [0, 0.1) is 0 Å². The molecule has 0 saturated carbocycles. The highest BCUT2D eigenvalue weighted by Crippen LogP contribution is 2.24. The number of carbonyl (C=O) groups is 2. The molecule has 3 aliphatic heterocycles. The lowest BCUT2D eigenvalue weighted by Gasteiger charge is -2.37. The van der Waals surface area contributed by atoms with Crippen molar-refractivity contribution in [2.75, 3.05) is 50.7 Å². The Labute approximate surface area is 184 Å². The molecule has 0 aliphatic carbocycles. The Morgan fingerprint density at radius 2 is 1.58 bits per heavy atom. The molecule has 8 nitrogen and oxygen atoms in total. The zero-order chi connectivity index (χ0) is 22.0. The molecule has 31 heavy (non-hydrogen) atoms. The van der Waals surface area contributed by atoms with E-state index in [4.69, 9.17) is 0 Å². The molecule has 0 bridgehead atoms. The van der Waals surface area contributed by atoms with E-state index in [1.165, 1.54) is 0 Å². The first kappa shape index (κ1) is 22.2. The summed E-state index contributed by atoms with van der Waals surface area (Å²) in [7, 11) is -3.35. The standard InChI is InChI=1S/C22H32N4O4S/c1-17(27)18-5-7-19(8-6-18)24-11-13-25(14-12-24)22(28)21-15-20(16-23-21)31(29,30)26-9-3-2-4-10-26/h5-8,20-21,23H,2-4,9-16H2,1H3. The van der Waals surface area contributed by atoms with Gasteiger partial charge >= 0.3 is 0 Å². The molecule has 1 aromatic rings. The number of nitrogens with zero attached hydrogens (tertiary/aromatic N) is 3. The molecule has 3 saturated heterocycles. The molecule has 170 valence electrons. The summed E-state index contributed by atoms with van der Waals surface area (Å²) in [5.41, 5.74) is 1.74. The maximum atomic E-state index is 13.0. The number of piperidine rings is 1. The van der Waals surface area contributed by atoms with Gasteiger partial charge in [0.2, 0.25) is 15.9 Å². The summed E-state index contributed by atoms with van der Waals surface area (Å²) in [6.07, 6.45) is 3.28. The monoisotopic (exact) mass is 448 g/mol. The molecular formula is C22H32N4O4S. The van der Waals surface area contributed by atoms with Crippen molar-refractivity contribution in [3.63, 3.8) is 0 Å². The van der Waals surface area contributed by atoms with E-state index in [-0.39, 0.29) is 11.7 Å². The van der Waals surface area contributed by atoms with Crippen LogP contribution in [0.25, 0.3) is 0 Å². The predicted molar refractivity (Wildman–Crippen MR) is 120 cm³/mol. The maximum Gasteiger partial charge on any atom is 0.239 e. The molecule has 0 radical (unpaired) electrons. The van der Waals surface area contributed by atoms with Crippen LogP contribution in [0.15, 0.2) is 24.3 Å². The number of ketones is 1. The van der Waals surface area contributed by atoms with E-state index in [1.54, 1.807) is 11.2 Å². The number of piperazine rings is 1. The fourth-order valence-corrected chi connectivity index (χ4v) is 6.69. The SMILES string of the molecule is CC(=O)c1ccc(N2CCN(C(=O)C3CC(S(=O)(=O)N4CCCCC4)CN3)CC2)cc1. The van der Waals surface area contributed by atoms with Crippen molar-refractivity contribution in [2.24, 2.45) is 0 Å². The van der Waals surface area contributed by atoms with Crippen LogP contribution < -0.4 is 10.2 Å². The number of hydrogen-bond acceptors (Lipinski definition) is 6. The van der Waals surface area contributed by atoms with Gasteiger partial charge in [-0.15, -0.1) is 0 Å². The first-order valence-electron chi connectivity index (χ1n) is 11.2. The summed E-state index contributed by atoms with van der Waals surface area (Å²) < 4.78 is 27.5. The van der Waals surface area contributed by atoms with Gasteiger partial charge in [0.15, 0.2) is 5.78 Å². The van der Waals surface area contributed by atoms with Crippen LogP contribution in [0.1, 0.15) is 43.0 Å². The molecule has 0 aromatic heterocycles. The number of hydrogen-bond donors (Lipinski definition) is 1. The van der Waals surface area contributed by atoms with Gasteiger partial charge in [0, 0.05) is 57.1 Å². The highest BCUT2D eigenvalue weighted by molar-refractivity contribution is 7.89. The Morgan fingerprint density at radius 1 is 0.935 bits per heavy atom. The molecule has 0 spiro atoms. The Hall–Kier alpha value is -1.97. The summed E-state index contributed by atoms with van der Waals surface area (Å²) in [4.78, 5) is 28.5. The molecule has 9 heteroatoms. The number of carbonyl (C=O) groups excluding carboxylic acids is 2. The third-order valence-corrected chi connectivity index (χ3v) is 9.00. The number of Topliss-reactive ketones (excluding diaryl/α,β-unsaturated/α-hetero) is 1. The van der Waals surface area contributed by atoms with E-state index in [0.717, 1.165) is 24.9 Å². The van der Waals surface area contributed by atoms with Crippen LogP contribution in [-0.2, 0) is 14.8 Å². The van der Waals surface area contributed by atoms with E-state index in [9.17, 15) is 18.0 Å². The van der Waals surface area contributed by atoms with Gasteiger partial charge in [-0.25, -0.2) is 12.7 Å². The number of benzene rings is 1. The smallest absolute Gasteiger partial charge is 0.239 e. The minimum absolute atomic E-state index is 0.00271. The number of anilines is 1. The van der Waals surface area contributed by atoms with Crippen molar-refractivity contribution in [1.29, 1.82) is 0 Å². The maximum absolute atomic E-state index is 13.0. The van der Waals surface area contributed by atoms with Crippen molar-refractivity contribution in [3.8, 4) is 0 Å². The van der Waals surface area contributed by atoms with Crippen LogP contribution in [0.3, 0.4) is 0 Å². The fourth-order valence-electron chi connectivity index (χ4n) is 4.76. The van der Waals surface area contributed by atoms with Gasteiger partial charge in [-0.1, -0.05) is 6.42 Å². The molecule has 1 N–H and O–H groups in total. The number of nitrogens with one attached hydrogen (secondary N) is 1. The minimum Gasteiger partial charge on any atom is -0.368 e. The normalized spacial score (nSPS) is 25.6. The Balaban J connectivity index is 1.30. The van der Waals surface area contributed by atoms with Crippen molar-refractivity contribution in [3.05, 3.63) is 29.8 Å². The molecule has 1 aromatic carbocycles. The summed E-state index contributed by atoms with van der Waals surface area (Å²) in [6, 6.07) is 7.14. The molecule has 2 atom stereocenters. The Kier molecular flexibility index (Phi) is 6.64. The average Bonchev–Trinajstić information content (AvgIpc) is 3.31.